The third-order valence-electron chi connectivity index (χ3n) is 4.83. The molecule has 5 nitrogen and oxygen atoms in total. The van der Waals surface area contributed by atoms with Crippen molar-refractivity contribution in [3.05, 3.63) is 22.7 Å². The maximum atomic E-state index is 12.8. The van der Waals surface area contributed by atoms with Crippen molar-refractivity contribution in [3.63, 3.8) is 0 Å². The van der Waals surface area contributed by atoms with Gasteiger partial charge in [0.2, 0.25) is 5.91 Å². The van der Waals surface area contributed by atoms with Gasteiger partial charge in [-0.25, -0.2) is 0 Å². The Hall–Kier alpha value is -1.27. The summed E-state index contributed by atoms with van der Waals surface area (Å²) in [5.74, 6) is 1.41. The van der Waals surface area contributed by atoms with Gasteiger partial charge in [-0.2, -0.15) is 0 Å². The molecular weight excluding hydrogens is 374 g/mol. The van der Waals surface area contributed by atoms with Crippen molar-refractivity contribution in [1.29, 1.82) is 0 Å². The molecule has 0 saturated carbocycles. The molecule has 0 bridgehead atoms. The van der Waals surface area contributed by atoms with Gasteiger partial charge in [0.1, 0.15) is 5.25 Å². The molecular formula is C19H26ClNO4S. The molecule has 2 aliphatic rings. The highest BCUT2D eigenvalue weighted by atomic mass is 35.5. The van der Waals surface area contributed by atoms with Gasteiger partial charge in [0.25, 0.3) is 0 Å². The summed E-state index contributed by atoms with van der Waals surface area (Å²) in [4.78, 5) is 14.6. The van der Waals surface area contributed by atoms with E-state index >= 15 is 0 Å². The molecule has 1 amide bonds. The van der Waals surface area contributed by atoms with E-state index in [0.717, 1.165) is 50.8 Å². The summed E-state index contributed by atoms with van der Waals surface area (Å²) in [6.07, 6.45) is 5.19. The standard InChI is InChI=1S/C19H26ClNO4S/c1-14(19(22)21-7-4-2-3-5-8-21)26(23)13-15-11-16(20)18-17(12-15)24-9-6-10-25-18/h11-12,14H,2-10,13H2,1H3/t14-,26+/m0/s1. The van der Waals surface area contributed by atoms with Gasteiger partial charge in [-0.3, -0.25) is 9.00 Å². The summed E-state index contributed by atoms with van der Waals surface area (Å²) in [7, 11) is -1.31. The van der Waals surface area contributed by atoms with Crippen molar-refractivity contribution in [2.45, 2.75) is 50.0 Å². The minimum Gasteiger partial charge on any atom is -0.489 e. The van der Waals surface area contributed by atoms with Gasteiger partial charge in [-0.1, -0.05) is 24.4 Å². The molecule has 2 heterocycles. The number of ether oxygens (including phenoxy) is 2. The number of nitrogens with zero attached hydrogens (tertiary/aromatic N) is 1. The lowest BCUT2D eigenvalue weighted by molar-refractivity contribution is -0.130. The molecule has 0 spiro atoms. The lowest BCUT2D eigenvalue weighted by atomic mass is 10.2. The Morgan fingerprint density at radius 3 is 2.58 bits per heavy atom. The number of likely N-dealkylation sites (tertiary alicyclic amines) is 1. The molecule has 2 atom stereocenters. The molecule has 0 N–H and O–H groups in total. The highest BCUT2D eigenvalue weighted by molar-refractivity contribution is 7.85. The van der Waals surface area contributed by atoms with Crippen molar-refractivity contribution in [2.75, 3.05) is 26.3 Å². The van der Waals surface area contributed by atoms with Crippen LogP contribution in [0.1, 0.15) is 44.6 Å². The second kappa shape index (κ2) is 9.09. The van der Waals surface area contributed by atoms with Crippen molar-refractivity contribution in [2.24, 2.45) is 0 Å². The molecule has 3 rings (SSSR count). The normalized spacial score (nSPS) is 20.0. The van der Waals surface area contributed by atoms with Crippen LogP contribution >= 0.6 is 11.6 Å². The molecule has 0 aliphatic carbocycles. The molecule has 1 aromatic carbocycles. The molecule has 7 heteroatoms. The Kier molecular flexibility index (Phi) is 6.81. The van der Waals surface area contributed by atoms with Gasteiger partial charge < -0.3 is 14.4 Å². The number of hydrogen-bond donors (Lipinski definition) is 0. The van der Waals surface area contributed by atoms with Gasteiger partial charge >= 0.3 is 0 Å². The van der Waals surface area contributed by atoms with Crippen LogP contribution in [0.3, 0.4) is 0 Å². The number of halogens is 1. The number of carbonyl (C=O) groups is 1. The largest absolute Gasteiger partial charge is 0.489 e. The Bertz CT molecular complexity index is 674. The first kappa shape index (κ1) is 19.5. The predicted molar refractivity (Wildman–Crippen MR) is 103 cm³/mol. The molecule has 1 fully saturated rings. The molecule has 144 valence electrons. The zero-order valence-electron chi connectivity index (χ0n) is 15.2. The molecule has 1 saturated heterocycles. The minimum absolute atomic E-state index is 0.00864. The van der Waals surface area contributed by atoms with E-state index in [1.165, 1.54) is 0 Å². The summed E-state index contributed by atoms with van der Waals surface area (Å²) in [5, 5.41) is -0.0641. The highest BCUT2D eigenvalue weighted by Gasteiger charge is 2.26. The van der Waals surface area contributed by atoms with E-state index in [-0.39, 0.29) is 11.7 Å². The summed E-state index contributed by atoms with van der Waals surface area (Å²) in [5.41, 5.74) is 0.799. The fraction of sp³-hybridized carbons (Fsp3) is 0.632. The molecule has 2 aliphatic heterocycles. The second-order valence-electron chi connectivity index (χ2n) is 6.86. The van der Waals surface area contributed by atoms with E-state index in [2.05, 4.69) is 0 Å². The van der Waals surface area contributed by atoms with Crippen molar-refractivity contribution in [3.8, 4) is 11.5 Å². The van der Waals surface area contributed by atoms with E-state index in [4.69, 9.17) is 21.1 Å². The van der Waals surface area contributed by atoms with Gasteiger partial charge in [0.05, 0.1) is 18.2 Å². The lowest BCUT2D eigenvalue weighted by Crippen LogP contribution is -2.40. The van der Waals surface area contributed by atoms with Crippen LogP contribution in [-0.2, 0) is 21.3 Å². The zero-order chi connectivity index (χ0) is 18.5. The van der Waals surface area contributed by atoms with Crippen molar-refractivity contribution < 1.29 is 18.5 Å². The first-order valence-corrected chi connectivity index (χ1v) is 11.1. The van der Waals surface area contributed by atoms with E-state index in [1.807, 2.05) is 11.0 Å². The highest BCUT2D eigenvalue weighted by Crippen LogP contribution is 2.38. The van der Waals surface area contributed by atoms with Gasteiger partial charge in [-0.05, 0) is 37.5 Å². The van der Waals surface area contributed by atoms with Gasteiger partial charge in [-0.15, -0.1) is 0 Å². The third-order valence-corrected chi connectivity index (χ3v) is 6.72. The molecule has 0 aromatic heterocycles. The van der Waals surface area contributed by atoms with Gasteiger partial charge in [0.15, 0.2) is 11.5 Å². The van der Waals surface area contributed by atoms with Gasteiger partial charge in [0, 0.05) is 36.1 Å². The van der Waals surface area contributed by atoms with Crippen LogP contribution in [0.5, 0.6) is 11.5 Å². The first-order valence-electron chi connectivity index (χ1n) is 9.30. The van der Waals surface area contributed by atoms with E-state index < -0.39 is 16.0 Å². The SMILES string of the molecule is C[C@@H](C(=O)N1CCCCCC1)[S@](=O)Cc1cc(Cl)c2c(c1)OCCCO2. The van der Waals surface area contributed by atoms with Crippen LogP contribution in [0.15, 0.2) is 12.1 Å². The summed E-state index contributed by atoms with van der Waals surface area (Å²) in [6, 6.07) is 3.59. The minimum atomic E-state index is -1.31. The molecule has 26 heavy (non-hydrogen) atoms. The Balaban J connectivity index is 1.68. The van der Waals surface area contributed by atoms with Crippen molar-refractivity contribution >= 4 is 28.3 Å². The number of rotatable bonds is 4. The average Bonchev–Trinajstić information content (AvgIpc) is 3.03. The third kappa shape index (κ3) is 4.71. The molecule has 0 radical (unpaired) electrons. The topological polar surface area (TPSA) is 55.8 Å². The first-order chi connectivity index (χ1) is 12.6. The quantitative estimate of drug-likeness (QED) is 0.777. The number of hydrogen-bond acceptors (Lipinski definition) is 4. The van der Waals surface area contributed by atoms with Crippen LogP contribution < -0.4 is 9.47 Å². The number of amides is 1. The zero-order valence-corrected chi connectivity index (χ0v) is 16.7. The number of carbonyl (C=O) groups excluding carboxylic acids is 1. The van der Waals surface area contributed by atoms with Crippen LogP contribution in [0.4, 0.5) is 0 Å². The van der Waals surface area contributed by atoms with Crippen molar-refractivity contribution in [1.82, 2.24) is 4.90 Å². The molecule has 0 unspecified atom stereocenters. The Morgan fingerprint density at radius 2 is 1.85 bits per heavy atom. The number of fused-ring (bicyclic) bond motifs is 1. The van der Waals surface area contributed by atoms with E-state index in [9.17, 15) is 9.00 Å². The number of benzene rings is 1. The smallest absolute Gasteiger partial charge is 0.238 e. The predicted octanol–water partition coefficient (Wildman–Crippen LogP) is 3.54. The summed E-state index contributed by atoms with van der Waals surface area (Å²) in [6.45, 7) is 4.44. The fourth-order valence-electron chi connectivity index (χ4n) is 3.32. The molecule has 1 aromatic rings. The van der Waals surface area contributed by atoms with Crippen LogP contribution in [-0.4, -0.2) is 46.6 Å². The monoisotopic (exact) mass is 399 g/mol. The Labute approximate surface area is 162 Å². The second-order valence-corrected chi connectivity index (χ2v) is 9.03. The average molecular weight is 400 g/mol. The fourth-order valence-corrected chi connectivity index (χ4v) is 4.72. The van der Waals surface area contributed by atoms with Crippen LogP contribution in [0.2, 0.25) is 5.02 Å². The summed E-state index contributed by atoms with van der Waals surface area (Å²) < 4.78 is 24.1. The summed E-state index contributed by atoms with van der Waals surface area (Å²) >= 11 is 6.31. The van der Waals surface area contributed by atoms with Crippen LogP contribution in [0, 0.1) is 0 Å². The Morgan fingerprint density at radius 1 is 1.15 bits per heavy atom. The maximum Gasteiger partial charge on any atom is 0.238 e. The lowest BCUT2D eigenvalue weighted by Gasteiger charge is -2.24. The van der Waals surface area contributed by atoms with E-state index in [0.29, 0.717) is 29.7 Å². The maximum absolute atomic E-state index is 12.8. The van der Waals surface area contributed by atoms with E-state index in [1.54, 1.807) is 13.0 Å². The van der Waals surface area contributed by atoms with Crippen LogP contribution in [0.25, 0.3) is 0 Å².